The Bertz CT molecular complexity index is 584. The van der Waals surface area contributed by atoms with Gasteiger partial charge in [-0.2, -0.15) is 4.31 Å². The Hall–Kier alpha value is -0.660. The van der Waals surface area contributed by atoms with E-state index in [9.17, 15) is 8.42 Å². The Morgan fingerprint density at radius 3 is 2.48 bits per heavy atom. The fourth-order valence-electron chi connectivity index (χ4n) is 2.34. The zero-order valence-electron chi connectivity index (χ0n) is 12.4. The number of nitrogens with zero attached hydrogens (tertiary/aromatic N) is 2. The van der Waals surface area contributed by atoms with E-state index >= 15 is 0 Å². The first kappa shape index (κ1) is 16.7. The van der Waals surface area contributed by atoms with Crippen molar-refractivity contribution in [1.29, 1.82) is 0 Å². The number of ether oxygens (including phenoxy) is 1. The molecule has 5 nitrogen and oxygen atoms in total. The smallest absolute Gasteiger partial charge is 0.243 e. The second-order valence-corrected chi connectivity index (χ2v) is 7.49. The molecule has 0 amide bonds. The second kappa shape index (κ2) is 7.07. The Balaban J connectivity index is 2.06. The van der Waals surface area contributed by atoms with Crippen LogP contribution in [0.1, 0.15) is 5.56 Å². The van der Waals surface area contributed by atoms with Crippen molar-refractivity contribution < 1.29 is 13.2 Å². The Kier molecular flexibility index (Phi) is 5.62. The van der Waals surface area contributed by atoms with Crippen LogP contribution in [-0.4, -0.2) is 64.1 Å². The zero-order valence-corrected chi connectivity index (χ0v) is 14.0. The molecule has 0 bridgehead atoms. The van der Waals surface area contributed by atoms with Crippen molar-refractivity contribution in [2.24, 2.45) is 0 Å². The maximum Gasteiger partial charge on any atom is 0.243 e. The molecule has 0 spiro atoms. The van der Waals surface area contributed by atoms with Gasteiger partial charge >= 0.3 is 0 Å². The van der Waals surface area contributed by atoms with E-state index in [0.717, 1.165) is 25.2 Å². The van der Waals surface area contributed by atoms with Crippen molar-refractivity contribution in [3.8, 4) is 0 Å². The van der Waals surface area contributed by atoms with Crippen molar-refractivity contribution in [3.05, 3.63) is 28.8 Å². The van der Waals surface area contributed by atoms with E-state index in [1.165, 1.54) is 0 Å². The van der Waals surface area contributed by atoms with E-state index < -0.39 is 10.0 Å². The van der Waals surface area contributed by atoms with Crippen LogP contribution in [0.3, 0.4) is 0 Å². The molecule has 0 N–H and O–H groups in total. The lowest BCUT2D eigenvalue weighted by Crippen LogP contribution is -2.49. The Morgan fingerprint density at radius 2 is 1.90 bits per heavy atom. The van der Waals surface area contributed by atoms with Crippen LogP contribution in [0, 0.1) is 6.92 Å². The normalized spacial score (nSPS) is 18.0. The molecule has 7 heteroatoms. The molecule has 0 unspecified atom stereocenters. The SMILES string of the molecule is COCCN1CCN(S(=O)(=O)c2ccc(Cl)c(C)c2)CC1. The van der Waals surface area contributed by atoms with E-state index in [-0.39, 0.29) is 0 Å². The van der Waals surface area contributed by atoms with E-state index in [4.69, 9.17) is 16.3 Å². The van der Waals surface area contributed by atoms with Crippen molar-refractivity contribution in [1.82, 2.24) is 9.21 Å². The van der Waals surface area contributed by atoms with Crippen LogP contribution < -0.4 is 0 Å². The summed E-state index contributed by atoms with van der Waals surface area (Å²) in [7, 11) is -1.76. The first-order valence-electron chi connectivity index (χ1n) is 6.93. The van der Waals surface area contributed by atoms with Gasteiger partial charge in [0.15, 0.2) is 0 Å². The van der Waals surface area contributed by atoms with Crippen LogP contribution in [0.2, 0.25) is 5.02 Å². The minimum absolute atomic E-state index is 0.315. The zero-order chi connectivity index (χ0) is 15.5. The van der Waals surface area contributed by atoms with E-state index in [1.807, 2.05) is 6.92 Å². The predicted octanol–water partition coefficient (Wildman–Crippen LogP) is 1.60. The summed E-state index contributed by atoms with van der Waals surface area (Å²) in [6, 6.07) is 4.84. The summed E-state index contributed by atoms with van der Waals surface area (Å²) in [6.45, 7) is 5.80. The molecule has 0 atom stereocenters. The number of benzene rings is 1. The maximum atomic E-state index is 12.6. The highest BCUT2D eigenvalue weighted by atomic mass is 35.5. The van der Waals surface area contributed by atoms with E-state index in [2.05, 4.69) is 4.90 Å². The van der Waals surface area contributed by atoms with Crippen LogP contribution in [0.15, 0.2) is 23.1 Å². The second-order valence-electron chi connectivity index (χ2n) is 5.15. The van der Waals surface area contributed by atoms with Crippen molar-refractivity contribution in [2.45, 2.75) is 11.8 Å². The quantitative estimate of drug-likeness (QED) is 0.822. The Morgan fingerprint density at radius 1 is 1.24 bits per heavy atom. The summed E-state index contributed by atoms with van der Waals surface area (Å²) in [5.74, 6) is 0. The van der Waals surface area contributed by atoms with Gasteiger partial charge in [-0.1, -0.05) is 11.6 Å². The first-order valence-corrected chi connectivity index (χ1v) is 8.74. The number of halogens is 1. The van der Waals surface area contributed by atoms with Crippen LogP contribution >= 0.6 is 11.6 Å². The lowest BCUT2D eigenvalue weighted by Gasteiger charge is -2.33. The van der Waals surface area contributed by atoms with Gasteiger partial charge in [0.1, 0.15) is 0 Å². The monoisotopic (exact) mass is 332 g/mol. The Labute approximate surface area is 131 Å². The number of hydrogen-bond acceptors (Lipinski definition) is 4. The van der Waals surface area contributed by atoms with Gasteiger partial charge in [-0.15, -0.1) is 0 Å². The van der Waals surface area contributed by atoms with Gasteiger partial charge in [0.2, 0.25) is 10.0 Å². The van der Waals surface area contributed by atoms with E-state index in [1.54, 1.807) is 29.6 Å². The van der Waals surface area contributed by atoms with Crippen LogP contribution in [-0.2, 0) is 14.8 Å². The van der Waals surface area contributed by atoms with Gasteiger partial charge in [0.05, 0.1) is 11.5 Å². The van der Waals surface area contributed by atoms with Gasteiger partial charge in [-0.3, -0.25) is 4.90 Å². The highest BCUT2D eigenvalue weighted by Gasteiger charge is 2.28. The minimum atomic E-state index is -3.43. The molecule has 1 fully saturated rings. The summed E-state index contributed by atoms with van der Waals surface area (Å²) in [6.07, 6.45) is 0. The lowest BCUT2D eigenvalue weighted by molar-refractivity contribution is 0.123. The van der Waals surface area contributed by atoms with Crippen LogP contribution in [0.5, 0.6) is 0 Å². The number of methoxy groups -OCH3 is 1. The highest BCUT2D eigenvalue weighted by molar-refractivity contribution is 7.89. The van der Waals surface area contributed by atoms with Crippen LogP contribution in [0.25, 0.3) is 0 Å². The van der Waals surface area contributed by atoms with Crippen molar-refractivity contribution in [2.75, 3.05) is 46.4 Å². The molecule has 1 aromatic rings. The summed E-state index contributed by atoms with van der Waals surface area (Å²) in [4.78, 5) is 2.53. The molecule has 1 heterocycles. The van der Waals surface area contributed by atoms with Crippen molar-refractivity contribution in [3.63, 3.8) is 0 Å². The molecule has 2 rings (SSSR count). The fourth-order valence-corrected chi connectivity index (χ4v) is 3.97. The largest absolute Gasteiger partial charge is 0.383 e. The summed E-state index contributed by atoms with van der Waals surface area (Å²) < 4.78 is 31.8. The van der Waals surface area contributed by atoms with Gasteiger partial charge in [-0.25, -0.2) is 8.42 Å². The maximum absolute atomic E-state index is 12.6. The molecule has 1 aliphatic rings. The number of hydrogen-bond donors (Lipinski definition) is 0. The number of piperazine rings is 1. The fraction of sp³-hybridized carbons (Fsp3) is 0.571. The molecule has 0 radical (unpaired) electrons. The van der Waals surface area contributed by atoms with Crippen LogP contribution in [0.4, 0.5) is 0 Å². The summed E-state index contributed by atoms with van der Waals surface area (Å²) in [5, 5.41) is 0.582. The van der Waals surface area contributed by atoms with Crippen molar-refractivity contribution >= 4 is 21.6 Å². The molecule has 1 aliphatic heterocycles. The summed E-state index contributed by atoms with van der Waals surface area (Å²) in [5.41, 5.74) is 0.775. The average Bonchev–Trinajstić information content (AvgIpc) is 2.48. The molecule has 118 valence electrons. The molecular formula is C14H21ClN2O3S. The molecule has 0 aromatic heterocycles. The van der Waals surface area contributed by atoms with E-state index in [0.29, 0.717) is 29.6 Å². The topological polar surface area (TPSA) is 49.9 Å². The summed E-state index contributed by atoms with van der Waals surface area (Å²) >= 11 is 5.96. The highest BCUT2D eigenvalue weighted by Crippen LogP contribution is 2.23. The molecular weight excluding hydrogens is 312 g/mol. The number of rotatable bonds is 5. The first-order chi connectivity index (χ1) is 9.95. The lowest BCUT2D eigenvalue weighted by atomic mass is 10.2. The molecule has 0 aliphatic carbocycles. The standard InChI is InChI=1S/C14H21ClN2O3S/c1-12-11-13(3-4-14(12)15)21(18,19)17-7-5-16(6-8-17)9-10-20-2/h3-4,11H,5-10H2,1-2H3. The molecule has 1 saturated heterocycles. The molecule has 1 aromatic carbocycles. The van der Waals surface area contributed by atoms with Gasteiger partial charge in [0.25, 0.3) is 0 Å². The third-order valence-electron chi connectivity index (χ3n) is 3.71. The third kappa shape index (κ3) is 3.96. The third-order valence-corrected chi connectivity index (χ3v) is 6.03. The number of sulfonamides is 1. The average molecular weight is 333 g/mol. The van der Waals surface area contributed by atoms with Gasteiger partial charge in [-0.05, 0) is 30.7 Å². The van der Waals surface area contributed by atoms with Gasteiger partial charge in [0, 0.05) is 44.9 Å². The number of aryl methyl sites for hydroxylation is 1. The molecule has 21 heavy (non-hydrogen) atoms. The minimum Gasteiger partial charge on any atom is -0.383 e. The predicted molar refractivity (Wildman–Crippen MR) is 83.3 cm³/mol. The van der Waals surface area contributed by atoms with Gasteiger partial charge < -0.3 is 4.74 Å². The molecule has 0 saturated carbocycles.